The summed E-state index contributed by atoms with van der Waals surface area (Å²) in [7, 11) is 0. The molecule has 0 radical (unpaired) electrons. The molecule has 2 heteroatoms. The van der Waals surface area contributed by atoms with E-state index < -0.39 is 5.60 Å². The van der Waals surface area contributed by atoms with Gasteiger partial charge in [-0.3, -0.25) is 0 Å². The molecular formula is C12H23NO. The van der Waals surface area contributed by atoms with Gasteiger partial charge < -0.3 is 10.4 Å². The lowest BCUT2D eigenvalue weighted by Gasteiger charge is -2.23. The quantitative estimate of drug-likeness (QED) is 0.680. The molecule has 0 amide bonds. The highest BCUT2D eigenvalue weighted by atomic mass is 16.3. The standard InChI is InChI=1S/C12H23NO/c1-12(2,14)10-13-11-8-6-4-3-5-7-9-11/h6,8,11,13-14H,3-5,7,9-10H2,1-2H3/b8-6-. The van der Waals surface area contributed by atoms with Crippen LogP contribution in [-0.2, 0) is 0 Å². The summed E-state index contributed by atoms with van der Waals surface area (Å²) in [6, 6.07) is 0.460. The second-order valence-corrected chi connectivity index (χ2v) is 4.87. The molecule has 1 unspecified atom stereocenters. The van der Waals surface area contributed by atoms with Crippen LogP contribution in [0.25, 0.3) is 0 Å². The van der Waals surface area contributed by atoms with Gasteiger partial charge in [0, 0.05) is 12.6 Å². The third-order valence-electron chi connectivity index (χ3n) is 2.55. The zero-order valence-corrected chi connectivity index (χ0v) is 9.42. The van der Waals surface area contributed by atoms with Crippen LogP contribution >= 0.6 is 0 Å². The van der Waals surface area contributed by atoms with Crippen LogP contribution in [0.2, 0.25) is 0 Å². The molecule has 2 N–H and O–H groups in total. The van der Waals surface area contributed by atoms with Crippen molar-refractivity contribution in [1.82, 2.24) is 5.32 Å². The number of allylic oxidation sites excluding steroid dienone is 1. The predicted molar refractivity (Wildman–Crippen MR) is 60.3 cm³/mol. The zero-order chi connectivity index (χ0) is 10.4. The van der Waals surface area contributed by atoms with Crippen LogP contribution in [0.15, 0.2) is 12.2 Å². The molecule has 0 aromatic heterocycles. The van der Waals surface area contributed by atoms with Crippen molar-refractivity contribution in [3.63, 3.8) is 0 Å². The minimum Gasteiger partial charge on any atom is -0.389 e. The molecule has 0 aromatic carbocycles. The Morgan fingerprint density at radius 2 is 2.14 bits per heavy atom. The van der Waals surface area contributed by atoms with Crippen molar-refractivity contribution < 1.29 is 5.11 Å². The van der Waals surface area contributed by atoms with E-state index in [0.717, 1.165) is 0 Å². The van der Waals surface area contributed by atoms with Gasteiger partial charge >= 0.3 is 0 Å². The van der Waals surface area contributed by atoms with Crippen LogP contribution in [0.5, 0.6) is 0 Å². The highest BCUT2D eigenvalue weighted by Gasteiger charge is 2.14. The Balaban J connectivity index is 2.30. The number of hydrogen-bond donors (Lipinski definition) is 2. The molecule has 1 atom stereocenters. The number of nitrogens with one attached hydrogen (secondary N) is 1. The molecular weight excluding hydrogens is 174 g/mol. The first-order valence-electron chi connectivity index (χ1n) is 5.70. The summed E-state index contributed by atoms with van der Waals surface area (Å²) >= 11 is 0. The van der Waals surface area contributed by atoms with E-state index in [-0.39, 0.29) is 0 Å². The van der Waals surface area contributed by atoms with E-state index in [0.29, 0.717) is 12.6 Å². The molecule has 82 valence electrons. The van der Waals surface area contributed by atoms with Gasteiger partial charge in [0.25, 0.3) is 0 Å². The van der Waals surface area contributed by atoms with Crippen molar-refractivity contribution in [1.29, 1.82) is 0 Å². The molecule has 1 rings (SSSR count). The lowest BCUT2D eigenvalue weighted by Crippen LogP contribution is -2.39. The molecule has 1 aliphatic carbocycles. The van der Waals surface area contributed by atoms with Crippen molar-refractivity contribution in [2.75, 3.05) is 6.54 Å². The van der Waals surface area contributed by atoms with E-state index in [9.17, 15) is 5.11 Å². The van der Waals surface area contributed by atoms with E-state index in [1.807, 2.05) is 13.8 Å². The average molecular weight is 197 g/mol. The van der Waals surface area contributed by atoms with Crippen LogP contribution in [-0.4, -0.2) is 23.3 Å². The van der Waals surface area contributed by atoms with Gasteiger partial charge in [-0.1, -0.05) is 25.0 Å². The first kappa shape index (κ1) is 11.7. The summed E-state index contributed by atoms with van der Waals surface area (Å²) < 4.78 is 0. The van der Waals surface area contributed by atoms with E-state index in [1.54, 1.807) is 0 Å². The van der Waals surface area contributed by atoms with E-state index in [1.165, 1.54) is 32.1 Å². The molecule has 0 saturated carbocycles. The Kier molecular flexibility index (Phi) is 4.63. The number of aliphatic hydroxyl groups is 1. The van der Waals surface area contributed by atoms with Crippen LogP contribution in [0, 0.1) is 0 Å². The van der Waals surface area contributed by atoms with Gasteiger partial charge in [-0.25, -0.2) is 0 Å². The van der Waals surface area contributed by atoms with Crippen molar-refractivity contribution in [2.24, 2.45) is 0 Å². The summed E-state index contributed by atoms with van der Waals surface area (Å²) in [4.78, 5) is 0. The summed E-state index contributed by atoms with van der Waals surface area (Å²) in [5.41, 5.74) is -0.601. The summed E-state index contributed by atoms with van der Waals surface area (Å²) in [6.07, 6.45) is 10.9. The van der Waals surface area contributed by atoms with Crippen LogP contribution < -0.4 is 5.32 Å². The minimum atomic E-state index is -0.601. The normalized spacial score (nSPS) is 26.6. The smallest absolute Gasteiger partial charge is 0.0715 e. The maximum atomic E-state index is 9.59. The lowest BCUT2D eigenvalue weighted by atomic mass is 10.0. The second-order valence-electron chi connectivity index (χ2n) is 4.87. The Morgan fingerprint density at radius 3 is 2.86 bits per heavy atom. The largest absolute Gasteiger partial charge is 0.389 e. The number of hydrogen-bond acceptors (Lipinski definition) is 2. The minimum absolute atomic E-state index is 0.460. The Labute approximate surface area is 87.4 Å². The lowest BCUT2D eigenvalue weighted by molar-refractivity contribution is 0.0776. The predicted octanol–water partition coefficient (Wildman–Crippen LogP) is 2.24. The maximum Gasteiger partial charge on any atom is 0.0715 e. The molecule has 2 nitrogen and oxygen atoms in total. The van der Waals surface area contributed by atoms with E-state index in [2.05, 4.69) is 17.5 Å². The SMILES string of the molecule is CC(C)(O)CNC1/C=C\CCCCC1. The fraction of sp³-hybridized carbons (Fsp3) is 0.833. The third-order valence-corrected chi connectivity index (χ3v) is 2.55. The van der Waals surface area contributed by atoms with Crippen molar-refractivity contribution in [3.8, 4) is 0 Å². The van der Waals surface area contributed by atoms with E-state index in [4.69, 9.17) is 0 Å². The molecule has 0 heterocycles. The van der Waals surface area contributed by atoms with Gasteiger partial charge in [0.2, 0.25) is 0 Å². The van der Waals surface area contributed by atoms with Gasteiger partial charge in [-0.15, -0.1) is 0 Å². The average Bonchev–Trinajstić information content (AvgIpc) is 2.00. The summed E-state index contributed by atoms with van der Waals surface area (Å²) in [5.74, 6) is 0. The fourth-order valence-corrected chi connectivity index (χ4v) is 1.71. The third kappa shape index (κ3) is 5.40. The first-order valence-corrected chi connectivity index (χ1v) is 5.70. The molecule has 0 fully saturated rings. The number of rotatable bonds is 3. The monoisotopic (exact) mass is 197 g/mol. The molecule has 1 aliphatic rings. The fourth-order valence-electron chi connectivity index (χ4n) is 1.71. The van der Waals surface area contributed by atoms with Gasteiger partial charge in [0.1, 0.15) is 0 Å². The summed E-state index contributed by atoms with van der Waals surface area (Å²) in [5, 5.41) is 13.0. The highest BCUT2D eigenvalue weighted by Crippen LogP contribution is 2.12. The van der Waals surface area contributed by atoms with Crippen molar-refractivity contribution in [2.45, 2.75) is 57.6 Å². The van der Waals surface area contributed by atoms with Gasteiger partial charge in [0.15, 0.2) is 0 Å². The van der Waals surface area contributed by atoms with Gasteiger partial charge in [-0.05, 0) is 33.1 Å². The van der Waals surface area contributed by atoms with Crippen molar-refractivity contribution in [3.05, 3.63) is 12.2 Å². The molecule has 0 bridgehead atoms. The van der Waals surface area contributed by atoms with Crippen LogP contribution in [0.3, 0.4) is 0 Å². The Hall–Kier alpha value is -0.340. The van der Waals surface area contributed by atoms with Gasteiger partial charge in [-0.2, -0.15) is 0 Å². The Bertz CT molecular complexity index is 181. The van der Waals surface area contributed by atoms with Crippen LogP contribution in [0.4, 0.5) is 0 Å². The van der Waals surface area contributed by atoms with Crippen molar-refractivity contribution >= 4 is 0 Å². The van der Waals surface area contributed by atoms with E-state index >= 15 is 0 Å². The topological polar surface area (TPSA) is 32.3 Å². The molecule has 0 aliphatic heterocycles. The maximum absolute atomic E-state index is 9.59. The summed E-state index contributed by atoms with van der Waals surface area (Å²) in [6.45, 7) is 4.35. The molecule has 14 heavy (non-hydrogen) atoms. The molecule has 0 saturated heterocycles. The Morgan fingerprint density at radius 1 is 1.36 bits per heavy atom. The van der Waals surface area contributed by atoms with Gasteiger partial charge in [0.05, 0.1) is 5.60 Å². The molecule has 0 aromatic rings. The highest BCUT2D eigenvalue weighted by molar-refractivity contribution is 4.95. The second kappa shape index (κ2) is 5.52. The first-order chi connectivity index (χ1) is 6.58. The van der Waals surface area contributed by atoms with Crippen LogP contribution in [0.1, 0.15) is 46.0 Å². The zero-order valence-electron chi connectivity index (χ0n) is 9.42. The molecule has 0 spiro atoms.